The fourth-order valence-corrected chi connectivity index (χ4v) is 13.6. The maximum atomic E-state index is 13.3. The summed E-state index contributed by atoms with van der Waals surface area (Å²) in [6.07, 6.45) is 11.1. The van der Waals surface area contributed by atoms with Gasteiger partial charge in [0.1, 0.15) is 12.7 Å². The third-order valence-corrected chi connectivity index (χ3v) is 16.5. The number of esters is 3. The van der Waals surface area contributed by atoms with Crippen molar-refractivity contribution in [1.29, 1.82) is 0 Å². The molecule has 0 heterocycles. The summed E-state index contributed by atoms with van der Waals surface area (Å²) in [5, 5.41) is 0. The van der Waals surface area contributed by atoms with Gasteiger partial charge in [0.05, 0.1) is 18.9 Å². The van der Waals surface area contributed by atoms with Gasteiger partial charge in [0.15, 0.2) is 0 Å². The molecule has 6 rings (SSSR count). The first-order valence-corrected chi connectivity index (χ1v) is 20.4. The van der Waals surface area contributed by atoms with Crippen LogP contribution in [0.15, 0.2) is 36.4 Å². The highest BCUT2D eigenvalue weighted by atomic mass is 16.5. The Bertz CT molecular complexity index is 1690. The molecule has 1 aromatic rings. The Morgan fingerprint density at radius 3 is 2.26 bits per heavy atom. The van der Waals surface area contributed by atoms with Crippen LogP contribution in [0, 0.1) is 73.9 Å². The van der Waals surface area contributed by atoms with Crippen LogP contribution in [0.1, 0.15) is 144 Å². The highest BCUT2D eigenvalue weighted by Crippen LogP contribution is 2.77. The quantitative estimate of drug-likeness (QED) is 0.120. The molecule has 0 saturated heterocycles. The number of hydrogen-bond acceptors (Lipinski definition) is 6. The van der Waals surface area contributed by atoms with E-state index in [1.54, 1.807) is 13.8 Å². The van der Waals surface area contributed by atoms with Gasteiger partial charge >= 0.3 is 17.9 Å². The van der Waals surface area contributed by atoms with E-state index >= 15 is 0 Å². The van der Waals surface area contributed by atoms with Crippen LogP contribution in [-0.4, -0.2) is 31.1 Å². The second-order valence-corrected chi connectivity index (χ2v) is 19.9. The van der Waals surface area contributed by atoms with E-state index in [9.17, 15) is 14.4 Å². The summed E-state index contributed by atoms with van der Waals surface area (Å²) in [5.74, 6) is 9.25. The minimum atomic E-state index is -0.915. The second-order valence-electron chi connectivity index (χ2n) is 19.9. The summed E-state index contributed by atoms with van der Waals surface area (Å²) in [7, 11) is 1.37. The van der Waals surface area contributed by atoms with E-state index < -0.39 is 5.41 Å². The molecule has 53 heavy (non-hydrogen) atoms. The lowest BCUT2D eigenvalue weighted by atomic mass is 9.32. The Morgan fingerprint density at radius 1 is 0.868 bits per heavy atom. The predicted octanol–water partition coefficient (Wildman–Crippen LogP) is 10.3. The van der Waals surface area contributed by atoms with Crippen LogP contribution < -0.4 is 0 Å². The molecule has 5 saturated carbocycles. The molecule has 6 unspecified atom stereocenters. The molecule has 5 aliphatic rings. The van der Waals surface area contributed by atoms with Crippen molar-refractivity contribution in [3.05, 3.63) is 47.5 Å². The van der Waals surface area contributed by atoms with Gasteiger partial charge in [0, 0.05) is 28.9 Å². The molecule has 0 aliphatic heterocycles. The Labute approximate surface area is 319 Å². The van der Waals surface area contributed by atoms with Gasteiger partial charge in [-0.05, 0) is 137 Å². The molecule has 0 radical (unpaired) electrons. The highest BCUT2D eigenvalue weighted by molar-refractivity contribution is 5.82. The van der Waals surface area contributed by atoms with E-state index in [2.05, 4.69) is 66.0 Å². The number of rotatable bonds is 7. The number of carbonyl (C=O) groups excluding carboxylic acids is 3. The third-order valence-electron chi connectivity index (χ3n) is 16.5. The van der Waals surface area contributed by atoms with Crippen molar-refractivity contribution in [3.63, 3.8) is 0 Å². The van der Waals surface area contributed by atoms with E-state index in [1.165, 1.54) is 45.3 Å². The Morgan fingerprint density at radius 2 is 1.58 bits per heavy atom. The van der Waals surface area contributed by atoms with Crippen molar-refractivity contribution in [2.24, 2.45) is 62.1 Å². The normalized spacial score (nSPS) is 38.4. The number of ether oxygens (including phenoxy) is 3. The lowest BCUT2D eigenvalue weighted by Crippen LogP contribution is -2.66. The lowest BCUT2D eigenvalue weighted by molar-refractivity contribution is -0.247. The molecule has 5 fully saturated rings. The van der Waals surface area contributed by atoms with Crippen molar-refractivity contribution in [1.82, 2.24) is 0 Å². The minimum Gasteiger partial charge on any atom is -0.469 e. The molecule has 6 heteroatoms. The molecule has 0 amide bonds. The van der Waals surface area contributed by atoms with Crippen LogP contribution in [0.2, 0.25) is 0 Å². The van der Waals surface area contributed by atoms with E-state index in [0.29, 0.717) is 29.6 Å². The van der Waals surface area contributed by atoms with Crippen LogP contribution in [0.3, 0.4) is 0 Å². The average Bonchev–Trinajstić information content (AvgIpc) is 3.48. The number of benzene rings is 1. The van der Waals surface area contributed by atoms with Crippen LogP contribution in [0.4, 0.5) is 0 Å². The fraction of sp³-hybridized carbons (Fsp3) is 0.723. The monoisotopic (exact) mass is 726 g/mol. The van der Waals surface area contributed by atoms with Gasteiger partial charge in [-0.2, -0.15) is 0 Å². The van der Waals surface area contributed by atoms with Crippen molar-refractivity contribution in [3.8, 4) is 11.8 Å². The molecule has 5 aliphatic carbocycles. The van der Waals surface area contributed by atoms with Crippen molar-refractivity contribution in [2.45, 2.75) is 146 Å². The lowest BCUT2D eigenvalue weighted by Gasteiger charge is -2.72. The summed E-state index contributed by atoms with van der Waals surface area (Å²) >= 11 is 0. The number of methoxy groups -OCH3 is 1. The predicted molar refractivity (Wildman–Crippen MR) is 208 cm³/mol. The second kappa shape index (κ2) is 13.9. The van der Waals surface area contributed by atoms with Crippen LogP contribution in [-0.2, 0) is 35.2 Å². The molecule has 6 nitrogen and oxygen atoms in total. The van der Waals surface area contributed by atoms with Gasteiger partial charge in [-0.15, -0.1) is 0 Å². The number of hydrogen-bond donors (Lipinski definition) is 0. The van der Waals surface area contributed by atoms with Gasteiger partial charge in [0.25, 0.3) is 0 Å². The molecular formula is C47H66O6. The van der Waals surface area contributed by atoms with Gasteiger partial charge in [-0.3, -0.25) is 14.4 Å². The highest BCUT2D eigenvalue weighted by Gasteiger charge is 2.71. The van der Waals surface area contributed by atoms with Crippen molar-refractivity contribution < 1.29 is 28.6 Å². The van der Waals surface area contributed by atoms with Crippen LogP contribution in [0.25, 0.3) is 0 Å². The number of fused-ring (bicyclic) bond motifs is 7. The topological polar surface area (TPSA) is 78.9 Å². The molecule has 0 N–H and O–H groups in total. The number of allylic oxidation sites excluding steroid dienone is 1. The van der Waals surface area contributed by atoms with Gasteiger partial charge < -0.3 is 14.2 Å². The SMILES string of the molecule is C=C(C)[C@@H]1CCC2(C#Cc3ccccc3COC(C)=O)CC[C@]3(C)C(CCC4[C@@]5(C)CCC(OC(=O)CC(C)(C)C(=O)OC)C(C)(C)C5CC[C@]43C)C12. The first kappa shape index (κ1) is 39.6. The summed E-state index contributed by atoms with van der Waals surface area (Å²) in [6.45, 7) is 24.6. The zero-order chi connectivity index (χ0) is 38.8. The molecule has 0 aromatic heterocycles. The maximum absolute atomic E-state index is 13.3. The van der Waals surface area contributed by atoms with Gasteiger partial charge in [-0.25, -0.2) is 0 Å². The maximum Gasteiger partial charge on any atom is 0.311 e. The Kier molecular flexibility index (Phi) is 10.4. The smallest absolute Gasteiger partial charge is 0.311 e. The van der Waals surface area contributed by atoms with E-state index in [0.717, 1.165) is 49.7 Å². The summed E-state index contributed by atoms with van der Waals surface area (Å²) < 4.78 is 16.6. The number of carbonyl (C=O) groups is 3. The zero-order valence-corrected chi connectivity index (χ0v) is 34.4. The van der Waals surface area contributed by atoms with Crippen molar-refractivity contribution >= 4 is 17.9 Å². The summed E-state index contributed by atoms with van der Waals surface area (Å²) in [5.41, 5.74) is 2.66. The Hall–Kier alpha value is -3.07. The summed E-state index contributed by atoms with van der Waals surface area (Å²) in [4.78, 5) is 37.2. The Balaban J connectivity index is 1.27. The molecule has 10 atom stereocenters. The summed E-state index contributed by atoms with van der Waals surface area (Å²) in [6, 6.07) is 8.12. The van der Waals surface area contributed by atoms with E-state index in [-0.39, 0.29) is 64.1 Å². The zero-order valence-electron chi connectivity index (χ0n) is 34.4. The van der Waals surface area contributed by atoms with E-state index in [1.807, 2.05) is 18.2 Å². The molecular weight excluding hydrogens is 661 g/mol. The standard InChI is InChI=1S/C47H66O6/c1-30(2)34-19-25-47(24-18-32-14-12-13-15-33(32)29-52-31(3)48)27-26-45(9)35(40(34)47)16-17-37-44(8)22-21-38(43(6,7)36(44)20-23-46(37,45)10)53-39(49)28-42(4,5)41(50)51-11/h12-15,34-38,40H,1,16-17,19-23,25-29H2,2-11H3/t34-,35?,36?,37?,38?,40?,44-,45+,46+,47?/m0/s1. The minimum absolute atomic E-state index is 0.0215. The third kappa shape index (κ3) is 6.48. The molecule has 1 aromatic carbocycles. The van der Waals surface area contributed by atoms with Crippen molar-refractivity contribution in [2.75, 3.05) is 7.11 Å². The van der Waals surface area contributed by atoms with Crippen LogP contribution in [0.5, 0.6) is 0 Å². The molecule has 0 spiro atoms. The van der Waals surface area contributed by atoms with Gasteiger partial charge in [0.2, 0.25) is 0 Å². The molecule has 0 bridgehead atoms. The first-order chi connectivity index (χ1) is 24.8. The largest absolute Gasteiger partial charge is 0.469 e. The first-order valence-electron chi connectivity index (χ1n) is 20.4. The molecule has 290 valence electrons. The van der Waals surface area contributed by atoms with Gasteiger partial charge in [-0.1, -0.05) is 76.8 Å². The fourth-order valence-electron chi connectivity index (χ4n) is 13.6. The van der Waals surface area contributed by atoms with E-state index in [4.69, 9.17) is 14.2 Å². The van der Waals surface area contributed by atoms with Crippen LogP contribution >= 0.6 is 0 Å². The average molecular weight is 727 g/mol.